The van der Waals surface area contributed by atoms with Gasteiger partial charge in [-0.05, 0) is 24.3 Å². The molecule has 124 valence electrons. The number of nitrogens with zero attached hydrogens (tertiary/aromatic N) is 2. The molecule has 0 aliphatic heterocycles. The molecule has 0 radical (unpaired) electrons. The van der Waals surface area contributed by atoms with E-state index in [0.717, 1.165) is 10.0 Å². The summed E-state index contributed by atoms with van der Waals surface area (Å²) >= 11 is 3.44. The molecule has 24 heavy (non-hydrogen) atoms. The average molecular weight is 392 g/mol. The number of nitrogens with one attached hydrogen (secondary N) is 1. The Morgan fingerprint density at radius 2 is 2.00 bits per heavy atom. The molecular formula is C16H14BrN3O4. The Kier molecular flexibility index (Phi) is 4.66. The van der Waals surface area contributed by atoms with E-state index in [1.165, 1.54) is 20.5 Å². The average Bonchev–Trinajstić information content (AvgIpc) is 3.12. The number of methoxy groups -OCH3 is 2. The van der Waals surface area contributed by atoms with Gasteiger partial charge in [0.1, 0.15) is 0 Å². The summed E-state index contributed by atoms with van der Waals surface area (Å²) in [5.41, 5.74) is 2.03. The van der Waals surface area contributed by atoms with E-state index < -0.39 is 0 Å². The molecule has 0 saturated carbocycles. The van der Waals surface area contributed by atoms with Gasteiger partial charge >= 0.3 is 0 Å². The quantitative estimate of drug-likeness (QED) is 0.719. The van der Waals surface area contributed by atoms with Gasteiger partial charge in [0.25, 0.3) is 17.7 Å². The van der Waals surface area contributed by atoms with Crippen LogP contribution in [0.1, 0.15) is 16.1 Å². The van der Waals surface area contributed by atoms with Crippen molar-refractivity contribution >= 4 is 32.9 Å². The number of carbonyl (C=O) groups excluding carboxylic acids is 1. The first-order valence-corrected chi connectivity index (χ1v) is 7.81. The summed E-state index contributed by atoms with van der Waals surface area (Å²) in [6.07, 6.45) is 1.45. The van der Waals surface area contributed by atoms with Crippen molar-refractivity contribution in [2.75, 3.05) is 14.2 Å². The number of ether oxygens (including phenoxy) is 2. The van der Waals surface area contributed by atoms with Crippen LogP contribution in [0.3, 0.4) is 0 Å². The maximum atomic E-state index is 12.0. The number of benzene rings is 1. The standard InChI is InChI=1S/C16H14BrN3O4/c1-22-15-16(23-2)20-13-9(6-10(17)7-11(13)19-15)8-18-14(21)12-4-3-5-24-12/h3-7H,8H2,1-2H3,(H,18,21). The van der Waals surface area contributed by atoms with Crippen LogP contribution in [0.5, 0.6) is 11.8 Å². The van der Waals surface area contributed by atoms with Gasteiger partial charge < -0.3 is 19.2 Å². The highest BCUT2D eigenvalue weighted by atomic mass is 79.9. The molecule has 2 aromatic heterocycles. The van der Waals surface area contributed by atoms with Crippen LogP contribution < -0.4 is 14.8 Å². The molecule has 0 aliphatic carbocycles. The Labute approximate surface area is 146 Å². The second kappa shape index (κ2) is 6.88. The first kappa shape index (κ1) is 16.3. The predicted molar refractivity (Wildman–Crippen MR) is 90.2 cm³/mol. The zero-order valence-electron chi connectivity index (χ0n) is 13.0. The Balaban J connectivity index is 1.95. The van der Waals surface area contributed by atoms with Crippen LogP contribution in [-0.4, -0.2) is 30.1 Å². The van der Waals surface area contributed by atoms with Gasteiger partial charge in [-0.25, -0.2) is 9.97 Å². The van der Waals surface area contributed by atoms with Crippen molar-refractivity contribution in [1.29, 1.82) is 0 Å². The van der Waals surface area contributed by atoms with Crippen LogP contribution >= 0.6 is 15.9 Å². The lowest BCUT2D eigenvalue weighted by molar-refractivity contribution is 0.0923. The third kappa shape index (κ3) is 3.18. The van der Waals surface area contributed by atoms with Crippen LogP contribution in [0.25, 0.3) is 11.0 Å². The maximum absolute atomic E-state index is 12.0. The van der Waals surface area contributed by atoms with E-state index in [9.17, 15) is 4.79 Å². The molecule has 3 aromatic rings. The van der Waals surface area contributed by atoms with Gasteiger partial charge in [-0.2, -0.15) is 0 Å². The molecule has 2 heterocycles. The molecule has 0 bridgehead atoms. The van der Waals surface area contributed by atoms with E-state index in [-0.39, 0.29) is 24.1 Å². The lowest BCUT2D eigenvalue weighted by Gasteiger charge is -2.11. The molecule has 3 rings (SSSR count). The number of aromatic nitrogens is 2. The summed E-state index contributed by atoms with van der Waals surface area (Å²) in [7, 11) is 3.00. The van der Waals surface area contributed by atoms with Crippen LogP contribution in [0.15, 0.2) is 39.4 Å². The topological polar surface area (TPSA) is 86.5 Å². The van der Waals surface area contributed by atoms with Crippen molar-refractivity contribution in [1.82, 2.24) is 15.3 Å². The second-order valence-corrected chi connectivity index (χ2v) is 5.75. The second-order valence-electron chi connectivity index (χ2n) is 4.83. The molecule has 1 N–H and O–H groups in total. The third-order valence-electron chi connectivity index (χ3n) is 3.32. The van der Waals surface area contributed by atoms with Crippen LogP contribution in [0, 0.1) is 0 Å². The zero-order valence-corrected chi connectivity index (χ0v) is 14.6. The largest absolute Gasteiger partial charge is 0.477 e. The Morgan fingerprint density at radius 3 is 2.67 bits per heavy atom. The van der Waals surface area contributed by atoms with Gasteiger partial charge in [0.2, 0.25) is 0 Å². The number of rotatable bonds is 5. The summed E-state index contributed by atoms with van der Waals surface area (Å²) in [5.74, 6) is 0.529. The van der Waals surface area contributed by atoms with E-state index >= 15 is 0 Å². The van der Waals surface area contributed by atoms with Crippen molar-refractivity contribution < 1.29 is 18.7 Å². The summed E-state index contributed by atoms with van der Waals surface area (Å²) in [6, 6.07) is 6.95. The molecule has 0 atom stereocenters. The van der Waals surface area contributed by atoms with Gasteiger partial charge in [-0.15, -0.1) is 0 Å². The third-order valence-corrected chi connectivity index (χ3v) is 3.78. The smallest absolute Gasteiger partial charge is 0.287 e. The molecule has 0 spiro atoms. The maximum Gasteiger partial charge on any atom is 0.287 e. The Hall–Kier alpha value is -2.61. The molecule has 1 amide bonds. The first-order valence-electron chi connectivity index (χ1n) is 7.02. The van der Waals surface area contributed by atoms with Gasteiger partial charge in [-0.3, -0.25) is 4.79 Å². The lowest BCUT2D eigenvalue weighted by Crippen LogP contribution is -2.22. The number of furan rings is 1. The van der Waals surface area contributed by atoms with Gasteiger partial charge in [0.15, 0.2) is 5.76 Å². The Morgan fingerprint density at radius 1 is 1.25 bits per heavy atom. The van der Waals surface area contributed by atoms with Crippen LogP contribution in [0.4, 0.5) is 0 Å². The van der Waals surface area contributed by atoms with Crippen LogP contribution in [-0.2, 0) is 6.54 Å². The summed E-state index contributed by atoms with van der Waals surface area (Å²) in [6.45, 7) is 0.264. The van der Waals surface area contributed by atoms with Crippen molar-refractivity contribution in [2.24, 2.45) is 0 Å². The number of carbonyl (C=O) groups is 1. The SMILES string of the molecule is COc1nc2cc(Br)cc(CNC(=O)c3ccco3)c2nc1OC. The fraction of sp³-hybridized carbons (Fsp3) is 0.188. The van der Waals surface area contributed by atoms with Gasteiger partial charge in [0, 0.05) is 16.6 Å². The van der Waals surface area contributed by atoms with Crippen molar-refractivity contribution in [2.45, 2.75) is 6.54 Å². The van der Waals surface area contributed by atoms with Crippen molar-refractivity contribution in [3.8, 4) is 11.8 Å². The fourth-order valence-electron chi connectivity index (χ4n) is 2.23. The number of hydrogen-bond acceptors (Lipinski definition) is 6. The molecule has 1 aromatic carbocycles. The highest BCUT2D eigenvalue weighted by Gasteiger charge is 2.15. The van der Waals surface area contributed by atoms with E-state index in [0.29, 0.717) is 16.9 Å². The zero-order chi connectivity index (χ0) is 17.1. The predicted octanol–water partition coefficient (Wildman–Crippen LogP) is 2.93. The number of amides is 1. The molecular weight excluding hydrogens is 378 g/mol. The number of hydrogen-bond donors (Lipinski definition) is 1. The van der Waals surface area contributed by atoms with Crippen molar-refractivity contribution in [3.05, 3.63) is 46.3 Å². The molecule has 0 unspecified atom stereocenters. The van der Waals surface area contributed by atoms with Gasteiger partial charge in [-0.1, -0.05) is 15.9 Å². The highest BCUT2D eigenvalue weighted by Crippen LogP contribution is 2.29. The van der Waals surface area contributed by atoms with Crippen LogP contribution in [0.2, 0.25) is 0 Å². The first-order chi connectivity index (χ1) is 11.6. The van der Waals surface area contributed by atoms with E-state index in [4.69, 9.17) is 13.9 Å². The molecule has 0 saturated heterocycles. The van der Waals surface area contributed by atoms with E-state index in [1.54, 1.807) is 12.1 Å². The fourth-order valence-corrected chi connectivity index (χ4v) is 2.73. The number of fused-ring (bicyclic) bond motifs is 1. The summed E-state index contributed by atoms with van der Waals surface area (Å²) in [5, 5.41) is 2.79. The van der Waals surface area contributed by atoms with E-state index in [2.05, 4.69) is 31.2 Å². The number of halogens is 1. The molecule has 7 nitrogen and oxygen atoms in total. The molecule has 8 heteroatoms. The van der Waals surface area contributed by atoms with E-state index in [1.807, 2.05) is 12.1 Å². The Bertz CT molecular complexity index is 881. The van der Waals surface area contributed by atoms with Crippen molar-refractivity contribution in [3.63, 3.8) is 0 Å². The minimum atomic E-state index is -0.304. The minimum Gasteiger partial charge on any atom is -0.477 e. The minimum absolute atomic E-state index is 0.250. The monoisotopic (exact) mass is 391 g/mol. The molecule has 0 fully saturated rings. The molecule has 0 aliphatic rings. The normalized spacial score (nSPS) is 10.6. The highest BCUT2D eigenvalue weighted by molar-refractivity contribution is 9.10. The lowest BCUT2D eigenvalue weighted by atomic mass is 10.1. The van der Waals surface area contributed by atoms with Gasteiger partial charge in [0.05, 0.1) is 31.5 Å². The summed E-state index contributed by atoms with van der Waals surface area (Å²) < 4.78 is 16.3. The summed E-state index contributed by atoms with van der Waals surface area (Å²) in [4.78, 5) is 20.9.